The first-order valence-corrected chi connectivity index (χ1v) is 7.97. The second kappa shape index (κ2) is 5.23. The van der Waals surface area contributed by atoms with Crippen molar-refractivity contribution in [2.45, 2.75) is 23.8 Å². The van der Waals surface area contributed by atoms with E-state index in [2.05, 4.69) is 0 Å². The Morgan fingerprint density at radius 2 is 2.15 bits per heavy atom. The molecule has 2 heterocycles. The number of fused-ring (bicyclic) bond motifs is 1. The maximum absolute atomic E-state index is 12.7. The average molecular weight is 299 g/mol. The van der Waals surface area contributed by atoms with E-state index in [1.54, 1.807) is 19.2 Å². The molecule has 0 spiro atoms. The molecule has 0 bridgehead atoms. The second-order valence-electron chi connectivity index (χ2n) is 4.88. The van der Waals surface area contributed by atoms with Crippen molar-refractivity contribution in [1.29, 1.82) is 0 Å². The summed E-state index contributed by atoms with van der Waals surface area (Å²) >= 11 is 0. The van der Waals surface area contributed by atoms with Crippen LogP contribution in [0.3, 0.4) is 0 Å². The molecule has 2 aliphatic rings. The third-order valence-corrected chi connectivity index (χ3v) is 5.58. The van der Waals surface area contributed by atoms with Crippen molar-refractivity contribution in [3.8, 4) is 11.5 Å². The van der Waals surface area contributed by atoms with Gasteiger partial charge >= 0.3 is 0 Å². The second-order valence-corrected chi connectivity index (χ2v) is 6.77. The molecule has 1 unspecified atom stereocenters. The first-order chi connectivity index (χ1) is 9.63. The van der Waals surface area contributed by atoms with Gasteiger partial charge in [0, 0.05) is 25.8 Å². The van der Waals surface area contributed by atoms with Crippen LogP contribution in [-0.4, -0.2) is 45.8 Å². The summed E-state index contributed by atoms with van der Waals surface area (Å²) in [7, 11) is -1.93. The molecule has 110 valence electrons. The molecule has 7 heteroatoms. The van der Waals surface area contributed by atoms with E-state index in [-0.39, 0.29) is 17.7 Å². The van der Waals surface area contributed by atoms with E-state index in [9.17, 15) is 8.42 Å². The molecule has 1 aromatic rings. The number of ether oxygens (including phenoxy) is 3. The Kier molecular flexibility index (Phi) is 3.57. The van der Waals surface area contributed by atoms with E-state index in [4.69, 9.17) is 14.2 Å². The first kappa shape index (κ1) is 13.7. The minimum atomic E-state index is -3.51. The smallest absolute Gasteiger partial charge is 0.243 e. The summed E-state index contributed by atoms with van der Waals surface area (Å²) in [6.07, 6.45) is 1.69. The van der Waals surface area contributed by atoms with Gasteiger partial charge in [-0.1, -0.05) is 0 Å². The number of methoxy groups -OCH3 is 1. The van der Waals surface area contributed by atoms with Gasteiger partial charge in [0.1, 0.15) is 0 Å². The summed E-state index contributed by atoms with van der Waals surface area (Å²) in [5.41, 5.74) is 0. The van der Waals surface area contributed by atoms with Crippen LogP contribution < -0.4 is 9.47 Å². The monoisotopic (exact) mass is 299 g/mol. The van der Waals surface area contributed by atoms with Gasteiger partial charge in [-0.15, -0.1) is 0 Å². The van der Waals surface area contributed by atoms with Gasteiger partial charge in [-0.25, -0.2) is 8.42 Å². The zero-order valence-corrected chi connectivity index (χ0v) is 12.1. The van der Waals surface area contributed by atoms with E-state index in [0.717, 1.165) is 12.8 Å². The molecule has 2 aliphatic heterocycles. The van der Waals surface area contributed by atoms with Crippen molar-refractivity contribution in [1.82, 2.24) is 4.31 Å². The Hall–Kier alpha value is -1.31. The molecule has 0 radical (unpaired) electrons. The Balaban J connectivity index is 1.91. The van der Waals surface area contributed by atoms with Gasteiger partial charge in [-0.3, -0.25) is 0 Å². The highest BCUT2D eigenvalue weighted by Gasteiger charge is 2.35. The van der Waals surface area contributed by atoms with Gasteiger partial charge in [0.2, 0.25) is 16.8 Å². The third kappa shape index (κ3) is 2.25. The molecule has 1 aromatic carbocycles. The summed E-state index contributed by atoms with van der Waals surface area (Å²) in [6, 6.07) is 4.64. The SMILES string of the molecule is COCC1CCCN1S(=O)(=O)c1ccc2c(c1)OCO2. The molecule has 20 heavy (non-hydrogen) atoms. The molecule has 3 rings (SSSR count). The number of hydrogen-bond donors (Lipinski definition) is 0. The van der Waals surface area contributed by atoms with Gasteiger partial charge in [-0.05, 0) is 25.0 Å². The van der Waals surface area contributed by atoms with Gasteiger partial charge in [0.25, 0.3) is 0 Å². The van der Waals surface area contributed by atoms with E-state index in [0.29, 0.717) is 24.7 Å². The molecule has 1 fully saturated rings. The van der Waals surface area contributed by atoms with Crippen LogP contribution in [0.15, 0.2) is 23.1 Å². The van der Waals surface area contributed by atoms with Crippen molar-refractivity contribution in [2.75, 3.05) is 27.1 Å². The lowest BCUT2D eigenvalue weighted by atomic mass is 10.2. The molecule has 0 saturated carbocycles. The minimum Gasteiger partial charge on any atom is -0.454 e. The number of nitrogens with zero attached hydrogens (tertiary/aromatic N) is 1. The molecule has 1 saturated heterocycles. The highest BCUT2D eigenvalue weighted by atomic mass is 32.2. The summed E-state index contributed by atoms with van der Waals surface area (Å²) in [5, 5.41) is 0. The van der Waals surface area contributed by atoms with Gasteiger partial charge < -0.3 is 14.2 Å². The van der Waals surface area contributed by atoms with E-state index < -0.39 is 10.0 Å². The third-order valence-electron chi connectivity index (χ3n) is 3.63. The van der Waals surface area contributed by atoms with Gasteiger partial charge in [0.15, 0.2) is 11.5 Å². The number of benzene rings is 1. The minimum absolute atomic E-state index is 0.0876. The normalized spacial score (nSPS) is 22.4. The highest BCUT2D eigenvalue weighted by molar-refractivity contribution is 7.89. The standard InChI is InChI=1S/C13H17NO5S/c1-17-8-10-3-2-6-14(10)20(15,16)11-4-5-12-13(7-11)19-9-18-12/h4-5,7,10H,2-3,6,8-9H2,1H3. The van der Waals surface area contributed by atoms with Crippen molar-refractivity contribution < 1.29 is 22.6 Å². The summed E-state index contributed by atoms with van der Waals surface area (Å²) in [6.45, 7) is 1.09. The predicted octanol–water partition coefficient (Wildman–Crippen LogP) is 1.21. The highest BCUT2D eigenvalue weighted by Crippen LogP contribution is 2.35. The van der Waals surface area contributed by atoms with Crippen LogP contribution in [0, 0.1) is 0 Å². The lowest BCUT2D eigenvalue weighted by Crippen LogP contribution is -2.38. The van der Waals surface area contributed by atoms with Crippen LogP contribution in [0.5, 0.6) is 11.5 Å². The van der Waals surface area contributed by atoms with Crippen molar-refractivity contribution in [3.05, 3.63) is 18.2 Å². The first-order valence-electron chi connectivity index (χ1n) is 6.53. The van der Waals surface area contributed by atoms with E-state index in [1.165, 1.54) is 10.4 Å². The number of rotatable bonds is 4. The fourth-order valence-electron chi connectivity index (χ4n) is 2.66. The zero-order valence-electron chi connectivity index (χ0n) is 11.2. The lowest BCUT2D eigenvalue weighted by Gasteiger charge is -2.23. The van der Waals surface area contributed by atoms with Crippen LogP contribution in [0.1, 0.15) is 12.8 Å². The van der Waals surface area contributed by atoms with Crippen molar-refractivity contribution in [3.63, 3.8) is 0 Å². The number of sulfonamides is 1. The van der Waals surface area contributed by atoms with Crippen LogP contribution >= 0.6 is 0 Å². The van der Waals surface area contributed by atoms with E-state index in [1.807, 2.05) is 0 Å². The maximum Gasteiger partial charge on any atom is 0.243 e. The predicted molar refractivity (Wildman–Crippen MR) is 71.4 cm³/mol. The lowest BCUT2D eigenvalue weighted by molar-refractivity contribution is 0.149. The number of hydrogen-bond acceptors (Lipinski definition) is 5. The van der Waals surface area contributed by atoms with Crippen molar-refractivity contribution in [2.24, 2.45) is 0 Å². The fraction of sp³-hybridized carbons (Fsp3) is 0.538. The Morgan fingerprint density at radius 3 is 2.95 bits per heavy atom. The summed E-state index contributed by atoms with van der Waals surface area (Å²) < 4.78 is 42.5. The largest absolute Gasteiger partial charge is 0.454 e. The van der Waals surface area contributed by atoms with E-state index >= 15 is 0 Å². The van der Waals surface area contributed by atoms with Crippen LogP contribution in [0.25, 0.3) is 0 Å². The molecule has 0 N–H and O–H groups in total. The molecule has 1 atom stereocenters. The van der Waals surface area contributed by atoms with Crippen LogP contribution in [-0.2, 0) is 14.8 Å². The molecule has 0 aromatic heterocycles. The average Bonchev–Trinajstić information content (AvgIpc) is 3.06. The summed E-state index contributed by atoms with van der Waals surface area (Å²) in [4.78, 5) is 0.241. The Bertz CT molecular complexity index is 601. The maximum atomic E-state index is 12.7. The van der Waals surface area contributed by atoms with Crippen LogP contribution in [0.4, 0.5) is 0 Å². The van der Waals surface area contributed by atoms with Gasteiger partial charge in [-0.2, -0.15) is 4.31 Å². The molecule has 6 nitrogen and oxygen atoms in total. The van der Waals surface area contributed by atoms with Crippen molar-refractivity contribution >= 4 is 10.0 Å². The topological polar surface area (TPSA) is 65.1 Å². The molecule has 0 amide bonds. The fourth-order valence-corrected chi connectivity index (χ4v) is 4.35. The van der Waals surface area contributed by atoms with Gasteiger partial charge in [0.05, 0.1) is 11.5 Å². The Labute approximate surface area is 118 Å². The van der Waals surface area contributed by atoms with Crippen LogP contribution in [0.2, 0.25) is 0 Å². The molecular weight excluding hydrogens is 282 g/mol. The summed E-state index contributed by atoms with van der Waals surface area (Å²) in [5.74, 6) is 1.06. The molecular formula is C13H17NO5S. The zero-order chi connectivity index (χ0) is 14.2. The quantitative estimate of drug-likeness (QED) is 0.836. The molecule has 0 aliphatic carbocycles. The Morgan fingerprint density at radius 1 is 1.35 bits per heavy atom.